The van der Waals surface area contributed by atoms with Gasteiger partial charge in [0.25, 0.3) is 0 Å². The van der Waals surface area contributed by atoms with Crippen molar-refractivity contribution in [2.75, 3.05) is 14.2 Å². The van der Waals surface area contributed by atoms with E-state index < -0.39 is 9.84 Å². The van der Waals surface area contributed by atoms with Gasteiger partial charge in [0.1, 0.15) is 5.75 Å². The van der Waals surface area contributed by atoms with E-state index in [0.717, 1.165) is 25.1 Å². The van der Waals surface area contributed by atoms with E-state index in [4.69, 9.17) is 9.47 Å². The lowest BCUT2D eigenvalue weighted by atomic mass is 10.3. The van der Waals surface area contributed by atoms with Crippen molar-refractivity contribution in [3.8, 4) is 11.6 Å². The summed E-state index contributed by atoms with van der Waals surface area (Å²) in [4.78, 5) is 4.05. The van der Waals surface area contributed by atoms with Gasteiger partial charge in [-0.3, -0.25) is 4.68 Å². The second kappa shape index (κ2) is 6.19. The molecule has 2 aromatic rings. The van der Waals surface area contributed by atoms with Crippen molar-refractivity contribution in [2.24, 2.45) is 0 Å². The number of methoxy groups -OCH3 is 2. The maximum Gasteiger partial charge on any atom is 0.216 e. The molecule has 0 spiro atoms. The minimum atomic E-state index is -3.36. The van der Waals surface area contributed by atoms with Crippen molar-refractivity contribution in [3.63, 3.8) is 0 Å². The maximum absolute atomic E-state index is 12.5. The first-order valence-corrected chi connectivity index (χ1v) is 9.16. The molecule has 0 N–H and O–H groups in total. The minimum absolute atomic E-state index is 0.0812. The van der Waals surface area contributed by atoms with Crippen LogP contribution < -0.4 is 9.47 Å². The quantitative estimate of drug-likeness (QED) is 0.791. The summed E-state index contributed by atoms with van der Waals surface area (Å²) in [5.41, 5.74) is 2.22. The average Bonchev–Trinajstić information content (AvgIpc) is 3.07. The largest absolute Gasteiger partial charge is 0.496 e. The molecule has 1 aliphatic rings. The summed E-state index contributed by atoms with van der Waals surface area (Å²) in [5.74, 6) is 0.610. The maximum atomic E-state index is 12.5. The molecule has 0 radical (unpaired) electrons. The summed E-state index contributed by atoms with van der Waals surface area (Å²) in [5, 5.41) is 4.36. The Morgan fingerprint density at radius 2 is 2.04 bits per heavy atom. The van der Waals surface area contributed by atoms with Gasteiger partial charge in [0.15, 0.2) is 9.84 Å². The summed E-state index contributed by atoms with van der Waals surface area (Å²) in [6.45, 7) is 0.867. The highest BCUT2D eigenvalue weighted by Crippen LogP contribution is 2.25. The third-order valence-electron chi connectivity index (χ3n) is 3.81. The third kappa shape index (κ3) is 3.47. The van der Waals surface area contributed by atoms with Crippen molar-refractivity contribution < 1.29 is 17.9 Å². The minimum Gasteiger partial charge on any atom is -0.496 e. The Hall–Kier alpha value is -2.09. The lowest BCUT2D eigenvalue weighted by Gasteiger charge is -2.09. The number of aromatic nitrogens is 3. The Kier molecular flexibility index (Phi) is 4.25. The molecule has 3 heterocycles. The summed E-state index contributed by atoms with van der Waals surface area (Å²) in [6, 6.07) is 3.46. The van der Waals surface area contributed by atoms with Crippen LogP contribution in [0.15, 0.2) is 18.3 Å². The third-order valence-corrected chi connectivity index (χ3v) is 5.29. The van der Waals surface area contributed by atoms with Crippen LogP contribution in [0.2, 0.25) is 0 Å². The Morgan fingerprint density at radius 3 is 2.74 bits per heavy atom. The molecule has 2 aromatic heterocycles. The van der Waals surface area contributed by atoms with Crippen LogP contribution >= 0.6 is 0 Å². The fraction of sp³-hybridized carbons (Fsp3) is 0.467. The second-order valence-electron chi connectivity index (χ2n) is 5.52. The number of pyridine rings is 1. The smallest absolute Gasteiger partial charge is 0.216 e. The SMILES string of the molecule is COc1cc(OC)c(CS(=O)(=O)Cc2cc3n(n2)CCC3)cn1. The van der Waals surface area contributed by atoms with Crippen molar-refractivity contribution >= 4 is 9.84 Å². The predicted molar refractivity (Wildman–Crippen MR) is 84.2 cm³/mol. The molecule has 8 heteroatoms. The van der Waals surface area contributed by atoms with Gasteiger partial charge in [-0.25, -0.2) is 13.4 Å². The molecule has 7 nitrogen and oxygen atoms in total. The molecular weight excluding hydrogens is 318 g/mol. The molecule has 1 aliphatic heterocycles. The molecule has 124 valence electrons. The molecular formula is C15H19N3O4S. The van der Waals surface area contributed by atoms with E-state index in [2.05, 4.69) is 10.1 Å². The monoisotopic (exact) mass is 337 g/mol. The number of sulfone groups is 1. The first-order valence-electron chi connectivity index (χ1n) is 7.33. The van der Waals surface area contributed by atoms with Crippen LogP contribution in [0.4, 0.5) is 0 Å². The van der Waals surface area contributed by atoms with Crippen LogP contribution in [0.25, 0.3) is 0 Å². The zero-order valence-corrected chi connectivity index (χ0v) is 14.0. The second-order valence-corrected chi connectivity index (χ2v) is 7.59. The number of hydrogen-bond donors (Lipinski definition) is 0. The fourth-order valence-electron chi connectivity index (χ4n) is 2.76. The summed E-state index contributed by atoms with van der Waals surface area (Å²) < 4.78 is 37.0. The number of hydrogen-bond acceptors (Lipinski definition) is 6. The van der Waals surface area contributed by atoms with Gasteiger partial charge in [-0.05, 0) is 18.9 Å². The van der Waals surface area contributed by atoms with E-state index in [1.807, 2.05) is 10.7 Å². The Bertz CT molecular complexity index is 793. The highest BCUT2D eigenvalue weighted by molar-refractivity contribution is 7.89. The number of ether oxygens (including phenoxy) is 2. The topological polar surface area (TPSA) is 83.3 Å². The molecule has 0 aromatic carbocycles. The van der Waals surface area contributed by atoms with Gasteiger partial charge in [0.2, 0.25) is 5.88 Å². The summed E-state index contributed by atoms with van der Waals surface area (Å²) in [7, 11) is -0.377. The summed E-state index contributed by atoms with van der Waals surface area (Å²) >= 11 is 0. The molecule has 0 saturated heterocycles. The molecule has 0 amide bonds. The fourth-order valence-corrected chi connectivity index (χ4v) is 4.15. The van der Waals surface area contributed by atoms with Gasteiger partial charge in [0, 0.05) is 30.1 Å². The van der Waals surface area contributed by atoms with Crippen molar-refractivity contribution in [1.82, 2.24) is 14.8 Å². The standard InChI is InChI=1S/C15H19N3O4S/c1-21-14-7-15(22-2)16-8-11(14)9-23(19,20)10-12-6-13-4-3-5-18(13)17-12/h6-8H,3-5,9-10H2,1-2H3. The van der Waals surface area contributed by atoms with E-state index in [1.54, 1.807) is 6.07 Å². The highest BCUT2D eigenvalue weighted by Gasteiger charge is 2.21. The Labute approximate surface area is 135 Å². The molecule has 0 saturated carbocycles. The van der Waals surface area contributed by atoms with Crippen LogP contribution in [0.1, 0.15) is 23.4 Å². The van der Waals surface area contributed by atoms with Gasteiger partial charge in [-0.15, -0.1) is 0 Å². The zero-order valence-electron chi connectivity index (χ0n) is 13.2. The van der Waals surface area contributed by atoms with Crippen molar-refractivity contribution in [1.29, 1.82) is 0 Å². The number of fused-ring (bicyclic) bond motifs is 1. The van der Waals surface area contributed by atoms with Gasteiger partial charge in [-0.1, -0.05) is 0 Å². The molecule has 23 heavy (non-hydrogen) atoms. The normalized spacial score (nSPS) is 13.8. The molecule has 0 unspecified atom stereocenters. The van der Waals surface area contributed by atoms with Crippen molar-refractivity contribution in [2.45, 2.75) is 30.9 Å². The average molecular weight is 337 g/mol. The molecule has 0 aliphatic carbocycles. The molecule has 0 bridgehead atoms. The van der Waals surface area contributed by atoms with E-state index in [0.29, 0.717) is 22.9 Å². The molecule has 0 fully saturated rings. The van der Waals surface area contributed by atoms with Crippen LogP contribution in [-0.4, -0.2) is 37.4 Å². The van der Waals surface area contributed by atoms with Crippen molar-refractivity contribution in [3.05, 3.63) is 35.3 Å². The number of rotatable bonds is 6. The van der Waals surface area contributed by atoms with E-state index in [-0.39, 0.29) is 11.5 Å². The molecule has 0 atom stereocenters. The first-order chi connectivity index (χ1) is 11.0. The predicted octanol–water partition coefficient (Wildman–Crippen LogP) is 1.36. The van der Waals surface area contributed by atoms with Crippen LogP contribution in [-0.2, 0) is 34.3 Å². The van der Waals surface area contributed by atoms with E-state index in [1.165, 1.54) is 20.4 Å². The van der Waals surface area contributed by atoms with Gasteiger partial charge < -0.3 is 9.47 Å². The Balaban J connectivity index is 1.77. The van der Waals surface area contributed by atoms with Gasteiger partial charge in [0.05, 0.1) is 31.4 Å². The lowest BCUT2D eigenvalue weighted by Crippen LogP contribution is -2.10. The molecule has 3 rings (SSSR count). The van der Waals surface area contributed by atoms with E-state index >= 15 is 0 Å². The van der Waals surface area contributed by atoms with Crippen LogP contribution in [0.3, 0.4) is 0 Å². The number of aryl methyl sites for hydroxylation is 2. The van der Waals surface area contributed by atoms with Crippen LogP contribution in [0, 0.1) is 0 Å². The highest BCUT2D eigenvalue weighted by atomic mass is 32.2. The van der Waals surface area contributed by atoms with E-state index in [9.17, 15) is 8.42 Å². The number of nitrogens with zero attached hydrogens (tertiary/aromatic N) is 3. The first kappa shape index (κ1) is 15.8. The van der Waals surface area contributed by atoms with Gasteiger partial charge in [-0.2, -0.15) is 5.10 Å². The summed E-state index contributed by atoms with van der Waals surface area (Å²) in [6.07, 6.45) is 3.51. The Morgan fingerprint density at radius 1 is 1.22 bits per heavy atom. The lowest BCUT2D eigenvalue weighted by molar-refractivity contribution is 0.380. The van der Waals surface area contributed by atoms with Crippen LogP contribution in [0.5, 0.6) is 11.6 Å². The van der Waals surface area contributed by atoms with Gasteiger partial charge >= 0.3 is 0 Å². The zero-order chi connectivity index (χ0) is 16.4.